The Kier molecular flexibility index (Phi) is 3.82. The summed E-state index contributed by atoms with van der Waals surface area (Å²) in [6.07, 6.45) is 0. The Hall–Kier alpha value is -1.49. The zero-order chi connectivity index (χ0) is 15.0. The van der Waals surface area contributed by atoms with Crippen LogP contribution in [0.5, 0.6) is 0 Å². The number of nitriles is 1. The van der Waals surface area contributed by atoms with Crippen molar-refractivity contribution >= 4 is 10.0 Å². The fourth-order valence-electron chi connectivity index (χ4n) is 2.27. The molecule has 1 fully saturated rings. The second-order valence-electron chi connectivity index (χ2n) is 5.37. The Morgan fingerprint density at radius 3 is 2.75 bits per heavy atom. The third kappa shape index (κ3) is 2.68. The summed E-state index contributed by atoms with van der Waals surface area (Å²) in [6, 6.07) is 5.29. The van der Waals surface area contributed by atoms with E-state index in [-0.39, 0.29) is 17.0 Å². The number of hydrogen-bond donors (Lipinski definition) is 1. The first-order chi connectivity index (χ1) is 9.28. The lowest BCUT2D eigenvalue weighted by atomic mass is 10.0. The zero-order valence-corrected chi connectivity index (χ0v) is 12.2. The van der Waals surface area contributed by atoms with Crippen molar-refractivity contribution in [2.45, 2.75) is 24.3 Å². The van der Waals surface area contributed by atoms with Gasteiger partial charge in [-0.25, -0.2) is 12.8 Å². The molecule has 7 heteroatoms. The van der Waals surface area contributed by atoms with E-state index in [1.54, 1.807) is 6.07 Å². The maximum Gasteiger partial charge on any atom is 0.244 e. The Bertz CT molecular complexity index is 665. The fourth-order valence-corrected chi connectivity index (χ4v) is 4.02. The van der Waals surface area contributed by atoms with E-state index in [9.17, 15) is 12.8 Å². The summed E-state index contributed by atoms with van der Waals surface area (Å²) in [7, 11) is -3.87. The highest BCUT2D eigenvalue weighted by molar-refractivity contribution is 7.89. The third-order valence-corrected chi connectivity index (χ3v) is 5.13. The number of nitrogens with one attached hydrogen (secondary N) is 1. The number of nitrogens with zero attached hydrogens (tertiary/aromatic N) is 2. The first-order valence-electron chi connectivity index (χ1n) is 6.22. The summed E-state index contributed by atoms with van der Waals surface area (Å²) in [5.74, 6) is -0.817. The lowest BCUT2D eigenvalue weighted by Crippen LogP contribution is -2.58. The normalized spacial score (nSPS) is 19.5. The van der Waals surface area contributed by atoms with Crippen LogP contribution in [0.1, 0.15) is 19.4 Å². The molecule has 1 N–H and O–H groups in total. The van der Waals surface area contributed by atoms with Gasteiger partial charge in [-0.05, 0) is 26.0 Å². The second-order valence-corrected chi connectivity index (χ2v) is 7.28. The molecule has 20 heavy (non-hydrogen) atoms. The maximum atomic E-state index is 13.6. The van der Waals surface area contributed by atoms with Gasteiger partial charge in [0.1, 0.15) is 22.3 Å². The molecule has 0 amide bonds. The fraction of sp³-hybridized carbons (Fsp3) is 0.462. The van der Waals surface area contributed by atoms with Crippen molar-refractivity contribution < 1.29 is 12.8 Å². The maximum absolute atomic E-state index is 13.6. The van der Waals surface area contributed by atoms with Gasteiger partial charge in [0.2, 0.25) is 10.0 Å². The van der Waals surface area contributed by atoms with Crippen molar-refractivity contribution in [3.8, 4) is 6.07 Å². The highest BCUT2D eigenvalue weighted by Gasteiger charge is 2.35. The minimum absolute atomic E-state index is 0.266. The molecule has 1 saturated heterocycles. The standard InChI is InChI=1S/C13H16FN3O2S/c1-13(2)9-17(7-6-16-13)20(18,19)12-5-3-4-11(14)10(12)8-15/h3-5,16H,6-7,9H2,1-2H3. The summed E-state index contributed by atoms with van der Waals surface area (Å²) in [6.45, 7) is 4.88. The lowest BCUT2D eigenvalue weighted by molar-refractivity contribution is 0.233. The van der Waals surface area contributed by atoms with Crippen molar-refractivity contribution in [1.29, 1.82) is 5.26 Å². The van der Waals surface area contributed by atoms with Crippen LogP contribution in [-0.4, -0.2) is 37.9 Å². The van der Waals surface area contributed by atoms with Gasteiger partial charge in [-0.1, -0.05) is 6.07 Å². The molecule has 0 spiro atoms. The average Bonchev–Trinajstić information content (AvgIpc) is 2.37. The van der Waals surface area contributed by atoms with E-state index in [2.05, 4.69) is 5.32 Å². The molecule has 0 radical (unpaired) electrons. The van der Waals surface area contributed by atoms with Gasteiger partial charge in [0.05, 0.1) is 0 Å². The summed E-state index contributed by atoms with van der Waals surface area (Å²) < 4.78 is 40.0. The molecule has 108 valence electrons. The number of piperazine rings is 1. The molecule has 1 aromatic carbocycles. The molecule has 0 aromatic heterocycles. The van der Waals surface area contributed by atoms with E-state index < -0.39 is 21.4 Å². The van der Waals surface area contributed by atoms with Crippen molar-refractivity contribution in [3.63, 3.8) is 0 Å². The first kappa shape index (κ1) is 14.9. The van der Waals surface area contributed by atoms with Crippen LogP contribution in [0, 0.1) is 17.1 Å². The van der Waals surface area contributed by atoms with E-state index in [0.717, 1.165) is 6.07 Å². The molecule has 1 aliphatic rings. The largest absolute Gasteiger partial charge is 0.309 e. The zero-order valence-electron chi connectivity index (χ0n) is 11.4. The van der Waals surface area contributed by atoms with Crippen LogP contribution < -0.4 is 5.32 Å². The Labute approximate surface area is 118 Å². The molecule has 0 aliphatic carbocycles. The Morgan fingerprint density at radius 1 is 1.45 bits per heavy atom. The Morgan fingerprint density at radius 2 is 2.15 bits per heavy atom. The van der Waals surface area contributed by atoms with Gasteiger partial charge in [-0.3, -0.25) is 0 Å². The molecule has 1 aromatic rings. The summed E-state index contributed by atoms with van der Waals surface area (Å²) in [4.78, 5) is -0.266. The monoisotopic (exact) mass is 297 g/mol. The van der Waals surface area contributed by atoms with E-state index in [1.165, 1.54) is 16.4 Å². The summed E-state index contributed by atoms with van der Waals surface area (Å²) >= 11 is 0. The lowest BCUT2D eigenvalue weighted by Gasteiger charge is -2.38. The molecule has 0 bridgehead atoms. The smallest absolute Gasteiger partial charge is 0.244 e. The van der Waals surface area contributed by atoms with Crippen LogP contribution in [0.3, 0.4) is 0 Å². The summed E-state index contributed by atoms with van der Waals surface area (Å²) in [5.41, 5.74) is -0.783. The topological polar surface area (TPSA) is 73.2 Å². The minimum atomic E-state index is -3.87. The molecule has 5 nitrogen and oxygen atoms in total. The molecular weight excluding hydrogens is 281 g/mol. The van der Waals surface area contributed by atoms with Gasteiger partial charge in [0, 0.05) is 25.2 Å². The highest BCUT2D eigenvalue weighted by atomic mass is 32.2. The predicted molar refractivity (Wildman–Crippen MR) is 72.0 cm³/mol. The van der Waals surface area contributed by atoms with E-state index in [4.69, 9.17) is 5.26 Å². The van der Waals surface area contributed by atoms with Crippen molar-refractivity contribution in [1.82, 2.24) is 9.62 Å². The van der Waals surface area contributed by atoms with Gasteiger partial charge in [-0.2, -0.15) is 9.57 Å². The molecule has 0 atom stereocenters. The summed E-state index contributed by atoms with van der Waals surface area (Å²) in [5, 5.41) is 12.2. The Balaban J connectivity index is 2.47. The molecule has 2 rings (SSSR count). The average molecular weight is 297 g/mol. The number of benzene rings is 1. The van der Waals surface area contributed by atoms with E-state index >= 15 is 0 Å². The van der Waals surface area contributed by atoms with Gasteiger partial charge >= 0.3 is 0 Å². The number of hydrogen-bond acceptors (Lipinski definition) is 4. The number of sulfonamides is 1. The van der Waals surface area contributed by atoms with Crippen LogP contribution in [0.25, 0.3) is 0 Å². The number of rotatable bonds is 2. The molecule has 0 saturated carbocycles. The quantitative estimate of drug-likeness (QED) is 0.886. The SMILES string of the molecule is CC1(C)CN(S(=O)(=O)c2cccc(F)c2C#N)CCN1. The van der Waals surface area contributed by atoms with E-state index in [1.807, 2.05) is 13.8 Å². The third-order valence-electron chi connectivity index (χ3n) is 3.24. The van der Waals surface area contributed by atoms with Crippen molar-refractivity contribution in [2.24, 2.45) is 0 Å². The highest BCUT2D eigenvalue weighted by Crippen LogP contribution is 2.24. The molecule has 1 aliphatic heterocycles. The van der Waals surface area contributed by atoms with Crippen molar-refractivity contribution in [3.05, 3.63) is 29.6 Å². The number of halogens is 1. The van der Waals surface area contributed by atoms with Gasteiger partial charge in [-0.15, -0.1) is 0 Å². The van der Waals surface area contributed by atoms with Crippen molar-refractivity contribution in [2.75, 3.05) is 19.6 Å². The van der Waals surface area contributed by atoms with Crippen LogP contribution in [0.2, 0.25) is 0 Å². The molecule has 1 heterocycles. The van der Waals surface area contributed by atoms with Gasteiger partial charge in [0.25, 0.3) is 0 Å². The van der Waals surface area contributed by atoms with Crippen LogP contribution in [0.15, 0.2) is 23.1 Å². The first-order valence-corrected chi connectivity index (χ1v) is 7.66. The van der Waals surface area contributed by atoms with E-state index in [0.29, 0.717) is 13.1 Å². The van der Waals surface area contributed by atoms with Crippen LogP contribution in [-0.2, 0) is 10.0 Å². The molecule has 0 unspecified atom stereocenters. The second kappa shape index (κ2) is 5.13. The van der Waals surface area contributed by atoms with Crippen LogP contribution in [0.4, 0.5) is 4.39 Å². The predicted octanol–water partition coefficient (Wildman–Crippen LogP) is 1.07. The molecular formula is C13H16FN3O2S. The van der Waals surface area contributed by atoms with Gasteiger partial charge < -0.3 is 5.32 Å². The van der Waals surface area contributed by atoms with Crippen LogP contribution >= 0.6 is 0 Å². The minimum Gasteiger partial charge on any atom is -0.309 e. The van der Waals surface area contributed by atoms with Gasteiger partial charge in [0.15, 0.2) is 0 Å².